The normalized spacial score (nSPS) is 20.4. The summed E-state index contributed by atoms with van der Waals surface area (Å²) < 4.78 is 11.2. The molecule has 0 amide bonds. The molecule has 34 heavy (non-hydrogen) atoms. The first-order valence-electron chi connectivity index (χ1n) is 11.9. The van der Waals surface area contributed by atoms with Gasteiger partial charge in [0.05, 0.1) is 38.2 Å². The molecule has 8 nitrogen and oxygen atoms in total. The lowest BCUT2D eigenvalue weighted by Gasteiger charge is -2.36. The second-order valence-corrected chi connectivity index (χ2v) is 8.62. The van der Waals surface area contributed by atoms with Crippen molar-refractivity contribution in [1.29, 1.82) is 0 Å². The Balaban J connectivity index is 1.53. The van der Waals surface area contributed by atoms with E-state index in [9.17, 15) is 0 Å². The van der Waals surface area contributed by atoms with Gasteiger partial charge in [0.2, 0.25) is 0 Å². The molecule has 1 atom stereocenters. The molecule has 6 rings (SSSR count). The van der Waals surface area contributed by atoms with Crippen LogP contribution in [0, 0.1) is 0 Å². The molecule has 1 unspecified atom stereocenters. The monoisotopic (exact) mass is 456 g/mol. The molecule has 2 fully saturated rings. The van der Waals surface area contributed by atoms with Gasteiger partial charge in [0.1, 0.15) is 11.4 Å². The topological polar surface area (TPSA) is 75.1 Å². The Bertz CT molecular complexity index is 1160. The van der Waals surface area contributed by atoms with Gasteiger partial charge in [-0.25, -0.2) is 4.99 Å². The average molecular weight is 457 g/mol. The van der Waals surface area contributed by atoms with Gasteiger partial charge >= 0.3 is 0 Å². The fraction of sp³-hybridized carbons (Fsp3) is 0.346. The van der Waals surface area contributed by atoms with E-state index in [1.54, 1.807) is 0 Å². The molecular formula is C26H28N6O2. The maximum atomic E-state index is 5.59. The summed E-state index contributed by atoms with van der Waals surface area (Å²) in [5.41, 5.74) is 5.02. The maximum absolute atomic E-state index is 5.59. The third-order valence-electron chi connectivity index (χ3n) is 6.53. The zero-order valence-corrected chi connectivity index (χ0v) is 19.1. The minimum Gasteiger partial charge on any atom is -0.378 e. The van der Waals surface area contributed by atoms with E-state index in [4.69, 9.17) is 24.7 Å². The number of nitrogens with zero attached hydrogens (tertiary/aromatic N) is 5. The Morgan fingerprint density at radius 3 is 1.91 bits per heavy atom. The van der Waals surface area contributed by atoms with Gasteiger partial charge in [0.25, 0.3) is 0 Å². The number of fused-ring (bicyclic) bond motifs is 1. The number of morpholine rings is 2. The van der Waals surface area contributed by atoms with Crippen LogP contribution in [0.25, 0.3) is 0 Å². The Kier molecular flexibility index (Phi) is 5.83. The van der Waals surface area contributed by atoms with Gasteiger partial charge in [-0.05, 0) is 11.1 Å². The van der Waals surface area contributed by atoms with Crippen LogP contribution in [0.2, 0.25) is 0 Å². The highest BCUT2D eigenvalue weighted by Gasteiger charge is 2.33. The molecule has 4 heterocycles. The number of hydrogen-bond donors (Lipinski definition) is 1. The fourth-order valence-corrected chi connectivity index (χ4v) is 4.76. The van der Waals surface area contributed by atoms with Gasteiger partial charge in [-0.15, -0.1) is 10.2 Å². The molecule has 8 heteroatoms. The number of aliphatic imine (C=N–C) groups is 1. The highest BCUT2D eigenvalue weighted by Crippen LogP contribution is 2.46. The lowest BCUT2D eigenvalue weighted by molar-refractivity contribution is 0.121. The van der Waals surface area contributed by atoms with Crippen LogP contribution in [0.5, 0.6) is 0 Å². The van der Waals surface area contributed by atoms with E-state index in [1.807, 2.05) is 12.1 Å². The standard InChI is InChI=1S/C26H28N6O2/c1-3-7-19(8-4-1)21-22(20-9-5-2-6-10-20)28-24-23(27-21)25(31-11-15-33-16-12-31)29-30-26(24)32-13-17-34-18-14-32/h1-10,21,27H,11-18H2. The number of nitrogens with one attached hydrogen (secondary N) is 1. The van der Waals surface area contributed by atoms with E-state index in [0.717, 1.165) is 66.0 Å². The predicted octanol–water partition coefficient (Wildman–Crippen LogP) is 3.44. The highest BCUT2D eigenvalue weighted by atomic mass is 16.5. The average Bonchev–Trinajstić information content (AvgIpc) is 2.93. The van der Waals surface area contributed by atoms with Gasteiger partial charge in [-0.1, -0.05) is 60.7 Å². The number of ether oxygens (including phenoxy) is 2. The quantitative estimate of drug-likeness (QED) is 0.645. The molecule has 2 saturated heterocycles. The van der Waals surface area contributed by atoms with E-state index in [1.165, 1.54) is 0 Å². The molecular weight excluding hydrogens is 428 g/mol. The van der Waals surface area contributed by atoms with Crippen LogP contribution in [-0.4, -0.2) is 68.5 Å². The van der Waals surface area contributed by atoms with E-state index < -0.39 is 0 Å². The molecule has 0 spiro atoms. The highest BCUT2D eigenvalue weighted by molar-refractivity contribution is 6.12. The Hall–Kier alpha value is -3.49. The van der Waals surface area contributed by atoms with Crippen molar-refractivity contribution in [1.82, 2.24) is 10.2 Å². The van der Waals surface area contributed by atoms with Crippen LogP contribution in [0.1, 0.15) is 17.2 Å². The van der Waals surface area contributed by atoms with Crippen molar-refractivity contribution >= 4 is 28.7 Å². The molecule has 1 aromatic heterocycles. The van der Waals surface area contributed by atoms with Gasteiger partial charge in [-0.2, -0.15) is 0 Å². The van der Waals surface area contributed by atoms with E-state index in [0.29, 0.717) is 26.4 Å². The van der Waals surface area contributed by atoms with Crippen molar-refractivity contribution in [2.45, 2.75) is 6.04 Å². The van der Waals surface area contributed by atoms with Crippen LogP contribution in [-0.2, 0) is 9.47 Å². The Morgan fingerprint density at radius 1 is 0.706 bits per heavy atom. The minimum atomic E-state index is -0.0994. The summed E-state index contributed by atoms with van der Waals surface area (Å²) in [6.45, 7) is 5.83. The Morgan fingerprint density at radius 2 is 1.26 bits per heavy atom. The molecule has 174 valence electrons. The predicted molar refractivity (Wildman–Crippen MR) is 134 cm³/mol. The summed E-state index contributed by atoms with van der Waals surface area (Å²) in [6.07, 6.45) is 0. The van der Waals surface area contributed by atoms with Crippen LogP contribution in [0.15, 0.2) is 65.7 Å². The van der Waals surface area contributed by atoms with Gasteiger partial charge in [0.15, 0.2) is 11.6 Å². The summed E-state index contributed by atoms with van der Waals surface area (Å²) in [6, 6.07) is 20.8. The van der Waals surface area contributed by atoms with Crippen LogP contribution < -0.4 is 15.1 Å². The van der Waals surface area contributed by atoms with Crippen molar-refractivity contribution in [3.8, 4) is 0 Å². The first-order chi connectivity index (χ1) is 16.9. The number of benzene rings is 2. The molecule has 0 bridgehead atoms. The molecule has 1 N–H and O–H groups in total. The largest absolute Gasteiger partial charge is 0.378 e. The van der Waals surface area contributed by atoms with Crippen molar-refractivity contribution in [2.24, 2.45) is 4.99 Å². The van der Waals surface area contributed by atoms with Crippen LogP contribution in [0.4, 0.5) is 23.0 Å². The smallest absolute Gasteiger partial charge is 0.179 e. The minimum absolute atomic E-state index is 0.0994. The van der Waals surface area contributed by atoms with Crippen LogP contribution >= 0.6 is 0 Å². The fourth-order valence-electron chi connectivity index (χ4n) is 4.76. The number of rotatable bonds is 4. The molecule has 3 aliphatic rings. The number of anilines is 3. The second kappa shape index (κ2) is 9.40. The summed E-state index contributed by atoms with van der Waals surface area (Å²) >= 11 is 0. The third kappa shape index (κ3) is 3.99. The molecule has 3 aliphatic heterocycles. The summed E-state index contributed by atoms with van der Waals surface area (Å²) in [5.74, 6) is 1.65. The third-order valence-corrected chi connectivity index (χ3v) is 6.53. The second-order valence-electron chi connectivity index (χ2n) is 8.62. The summed E-state index contributed by atoms with van der Waals surface area (Å²) in [5, 5.41) is 13.3. The van der Waals surface area contributed by atoms with Crippen molar-refractivity contribution in [3.63, 3.8) is 0 Å². The van der Waals surface area contributed by atoms with Crippen molar-refractivity contribution < 1.29 is 9.47 Å². The van der Waals surface area contributed by atoms with Gasteiger partial charge in [-0.3, -0.25) is 0 Å². The maximum Gasteiger partial charge on any atom is 0.179 e. The van der Waals surface area contributed by atoms with E-state index in [-0.39, 0.29) is 6.04 Å². The van der Waals surface area contributed by atoms with Gasteiger partial charge < -0.3 is 24.6 Å². The van der Waals surface area contributed by atoms with E-state index in [2.05, 4.69) is 63.6 Å². The van der Waals surface area contributed by atoms with Gasteiger partial charge in [0, 0.05) is 26.2 Å². The molecule has 0 saturated carbocycles. The zero-order valence-electron chi connectivity index (χ0n) is 19.1. The lowest BCUT2D eigenvalue weighted by atomic mass is 9.94. The summed E-state index contributed by atoms with van der Waals surface area (Å²) in [7, 11) is 0. The molecule has 0 radical (unpaired) electrons. The van der Waals surface area contributed by atoms with Crippen molar-refractivity contribution in [3.05, 3.63) is 71.8 Å². The first kappa shape index (κ1) is 21.1. The number of aromatic nitrogens is 2. The van der Waals surface area contributed by atoms with Crippen LogP contribution in [0.3, 0.4) is 0 Å². The molecule has 0 aliphatic carbocycles. The zero-order chi connectivity index (χ0) is 22.7. The lowest BCUT2D eigenvalue weighted by Crippen LogP contribution is -2.40. The van der Waals surface area contributed by atoms with E-state index >= 15 is 0 Å². The number of hydrogen-bond acceptors (Lipinski definition) is 8. The SMILES string of the molecule is c1ccc(C2=Nc3c(N4CCOCC4)nnc(N4CCOCC4)c3NC2c2ccccc2)cc1. The first-order valence-corrected chi connectivity index (χ1v) is 11.9. The molecule has 3 aromatic rings. The summed E-state index contributed by atoms with van der Waals surface area (Å²) in [4.78, 5) is 9.79. The Labute approximate surface area is 199 Å². The molecule has 2 aromatic carbocycles. The van der Waals surface area contributed by atoms with Crippen molar-refractivity contribution in [2.75, 3.05) is 67.7 Å².